The molecule has 0 amide bonds. The van der Waals surface area contributed by atoms with Gasteiger partial charge in [0, 0.05) is 22.8 Å². The summed E-state index contributed by atoms with van der Waals surface area (Å²) in [5.74, 6) is -0.272. The van der Waals surface area contributed by atoms with E-state index in [0.29, 0.717) is 23.5 Å². The van der Waals surface area contributed by atoms with Crippen LogP contribution in [-0.2, 0) is 26.8 Å². The van der Waals surface area contributed by atoms with Crippen LogP contribution in [0.5, 0.6) is 0 Å². The number of carbonyl (C=O) groups excluding carboxylic acids is 1. The number of hydrogen-bond acceptors (Lipinski definition) is 5. The molecular weight excluding hydrogens is 525 g/mol. The summed E-state index contributed by atoms with van der Waals surface area (Å²) in [6.45, 7) is 0.671. The molecule has 5 atom stereocenters. The van der Waals surface area contributed by atoms with Crippen molar-refractivity contribution in [1.82, 2.24) is 0 Å². The Kier molecular flexibility index (Phi) is 9.73. The van der Waals surface area contributed by atoms with E-state index in [1.165, 1.54) is 24.5 Å². The molecule has 0 bridgehead atoms. The highest BCUT2D eigenvalue weighted by molar-refractivity contribution is 7.13. The molecule has 4 rings (SSSR count). The van der Waals surface area contributed by atoms with E-state index >= 15 is 0 Å². The lowest BCUT2D eigenvalue weighted by Gasteiger charge is -2.29. The van der Waals surface area contributed by atoms with Gasteiger partial charge in [0.15, 0.2) is 6.29 Å². The zero-order chi connectivity index (χ0) is 26.4. The lowest BCUT2D eigenvalue weighted by Crippen LogP contribution is -2.30. The highest BCUT2D eigenvalue weighted by atomic mass is 35.5. The third kappa shape index (κ3) is 7.59. The van der Waals surface area contributed by atoms with E-state index in [9.17, 15) is 18.0 Å². The zero-order valence-electron chi connectivity index (χ0n) is 20.7. The lowest BCUT2D eigenvalue weighted by atomic mass is 9.88. The van der Waals surface area contributed by atoms with Gasteiger partial charge in [-0.1, -0.05) is 24.3 Å². The Morgan fingerprint density at radius 2 is 2.08 bits per heavy atom. The summed E-state index contributed by atoms with van der Waals surface area (Å²) < 4.78 is 56.5. The van der Waals surface area contributed by atoms with Gasteiger partial charge in [0.2, 0.25) is 0 Å². The van der Waals surface area contributed by atoms with Gasteiger partial charge < -0.3 is 14.2 Å². The quantitative estimate of drug-likeness (QED) is 0.234. The van der Waals surface area contributed by atoms with Crippen molar-refractivity contribution >= 4 is 35.0 Å². The number of ether oxygens (including phenoxy) is 3. The van der Waals surface area contributed by atoms with E-state index in [1.54, 1.807) is 18.2 Å². The normalized spacial score (nSPS) is 26.6. The molecule has 2 heterocycles. The number of hydrogen-bond donors (Lipinski definition) is 0. The van der Waals surface area contributed by atoms with Gasteiger partial charge in [-0.05, 0) is 80.7 Å². The highest BCUT2D eigenvalue weighted by Crippen LogP contribution is 2.43. The van der Waals surface area contributed by atoms with Crippen molar-refractivity contribution in [3.63, 3.8) is 0 Å². The Labute approximate surface area is 224 Å². The van der Waals surface area contributed by atoms with Crippen LogP contribution in [0.3, 0.4) is 0 Å². The molecule has 2 aliphatic rings. The molecule has 1 aromatic heterocycles. The molecule has 0 N–H and O–H groups in total. The van der Waals surface area contributed by atoms with Crippen molar-refractivity contribution in [3.8, 4) is 0 Å². The molecule has 4 nitrogen and oxygen atoms in total. The minimum absolute atomic E-state index is 0.0449. The van der Waals surface area contributed by atoms with Crippen molar-refractivity contribution < 1.29 is 32.2 Å². The van der Waals surface area contributed by atoms with E-state index in [-0.39, 0.29) is 35.6 Å². The molecule has 9 heteroatoms. The second kappa shape index (κ2) is 12.8. The van der Waals surface area contributed by atoms with Gasteiger partial charge in [0.1, 0.15) is 4.88 Å². The maximum Gasteiger partial charge on any atom is 0.416 e. The fourth-order valence-corrected chi connectivity index (χ4v) is 6.58. The molecule has 1 saturated carbocycles. The molecule has 1 saturated heterocycles. The predicted octanol–water partition coefficient (Wildman–Crippen LogP) is 7.74. The summed E-state index contributed by atoms with van der Waals surface area (Å²) >= 11 is 8.27. The molecule has 0 spiro atoms. The Morgan fingerprint density at radius 1 is 1.24 bits per heavy atom. The Balaban J connectivity index is 1.46. The van der Waals surface area contributed by atoms with Gasteiger partial charge in [0.25, 0.3) is 0 Å². The van der Waals surface area contributed by atoms with Crippen LogP contribution >= 0.6 is 22.9 Å². The number of aryl methyl sites for hydroxylation is 1. The first-order valence-electron chi connectivity index (χ1n) is 12.7. The van der Waals surface area contributed by atoms with Crippen LogP contribution in [0.4, 0.5) is 13.2 Å². The molecule has 0 radical (unpaired) electrons. The van der Waals surface area contributed by atoms with Crippen LogP contribution in [0, 0.1) is 11.8 Å². The zero-order valence-corrected chi connectivity index (χ0v) is 22.3. The molecule has 1 aliphatic heterocycles. The standard InChI is InChI=1S/C28H32ClF3O4S/c1-34-27(33)25-14-12-20(37-25)8-5-9-21-22(13-11-18-6-4-7-19(16-18)28(30,31)32)24(17-23(21)29)36-26-10-2-3-15-35-26/h4,6-7,11-14,16,21-24,26H,2-3,5,8-10,15,17H2,1H3/b13-11+/t21-,22-,23-,24-,26?/m1/s1. The third-order valence-corrected chi connectivity index (χ3v) is 8.67. The summed E-state index contributed by atoms with van der Waals surface area (Å²) in [5.41, 5.74) is -0.174. The number of rotatable bonds is 9. The Bertz CT molecular complexity index is 1060. The van der Waals surface area contributed by atoms with Gasteiger partial charge >= 0.3 is 12.1 Å². The number of esters is 1. The molecule has 1 unspecified atom stereocenters. The summed E-state index contributed by atoms with van der Waals surface area (Å²) in [5, 5.41) is -0.112. The van der Waals surface area contributed by atoms with Crippen LogP contribution in [0.1, 0.15) is 64.2 Å². The fraction of sp³-hybridized carbons (Fsp3) is 0.536. The molecular formula is C28H32ClF3O4S. The van der Waals surface area contributed by atoms with Gasteiger partial charge in [-0.25, -0.2) is 4.79 Å². The summed E-state index contributed by atoms with van der Waals surface area (Å²) in [4.78, 5) is 13.4. The molecule has 1 aliphatic carbocycles. The number of carbonyl (C=O) groups is 1. The number of halogens is 4. The molecule has 2 aromatic rings. The number of alkyl halides is 4. The topological polar surface area (TPSA) is 44.8 Å². The van der Waals surface area contributed by atoms with Crippen molar-refractivity contribution in [2.45, 2.75) is 68.9 Å². The van der Waals surface area contributed by atoms with Crippen LogP contribution in [0.25, 0.3) is 6.08 Å². The van der Waals surface area contributed by atoms with Crippen LogP contribution in [0.15, 0.2) is 42.5 Å². The average Bonchev–Trinajstić information content (AvgIpc) is 3.47. The minimum atomic E-state index is -4.39. The first kappa shape index (κ1) is 28.1. The van der Waals surface area contributed by atoms with Crippen LogP contribution in [0.2, 0.25) is 0 Å². The van der Waals surface area contributed by atoms with Crippen molar-refractivity contribution in [1.29, 1.82) is 0 Å². The molecule has 37 heavy (non-hydrogen) atoms. The lowest BCUT2D eigenvalue weighted by molar-refractivity contribution is -0.192. The second-order valence-corrected chi connectivity index (χ2v) is 11.3. The maximum absolute atomic E-state index is 13.2. The highest BCUT2D eigenvalue weighted by Gasteiger charge is 2.42. The number of methoxy groups -OCH3 is 1. The number of benzene rings is 1. The van der Waals surface area contributed by atoms with Gasteiger partial charge in [-0.15, -0.1) is 22.9 Å². The summed E-state index contributed by atoms with van der Waals surface area (Å²) in [6.07, 6.45) is 4.97. The maximum atomic E-state index is 13.2. The smallest absolute Gasteiger partial charge is 0.416 e. The first-order valence-corrected chi connectivity index (χ1v) is 13.9. The van der Waals surface area contributed by atoms with E-state index < -0.39 is 11.7 Å². The Hall–Kier alpha value is -1.87. The SMILES string of the molecule is COC(=O)c1ccc(CCC[C@@H]2[C@@H](/C=C/c3cccc(C(F)(F)F)c3)[C@H](OC3CCCCO3)C[C@H]2Cl)s1. The minimum Gasteiger partial charge on any atom is -0.465 e. The molecule has 2 fully saturated rings. The van der Waals surface area contributed by atoms with Crippen LogP contribution < -0.4 is 0 Å². The molecule has 202 valence electrons. The monoisotopic (exact) mass is 556 g/mol. The van der Waals surface area contributed by atoms with Gasteiger partial charge in [-0.3, -0.25) is 0 Å². The van der Waals surface area contributed by atoms with Crippen molar-refractivity contribution in [2.24, 2.45) is 11.8 Å². The van der Waals surface area contributed by atoms with Crippen molar-refractivity contribution in [3.05, 3.63) is 63.4 Å². The van der Waals surface area contributed by atoms with Crippen molar-refractivity contribution in [2.75, 3.05) is 13.7 Å². The van der Waals surface area contributed by atoms with E-state index in [2.05, 4.69) is 0 Å². The largest absolute Gasteiger partial charge is 0.465 e. The third-order valence-electron chi connectivity index (χ3n) is 7.04. The van der Waals surface area contributed by atoms with E-state index in [1.807, 2.05) is 12.1 Å². The fourth-order valence-electron chi connectivity index (χ4n) is 5.15. The number of thiophene rings is 1. The molecule has 1 aromatic carbocycles. The van der Waals surface area contributed by atoms with Crippen LogP contribution in [-0.4, -0.2) is 37.5 Å². The summed E-state index contributed by atoms with van der Waals surface area (Å²) in [7, 11) is 1.37. The summed E-state index contributed by atoms with van der Waals surface area (Å²) in [6, 6.07) is 9.05. The van der Waals surface area contributed by atoms with Gasteiger partial charge in [0.05, 0.1) is 18.8 Å². The average molecular weight is 557 g/mol. The first-order chi connectivity index (χ1) is 17.7. The van der Waals surface area contributed by atoms with E-state index in [4.69, 9.17) is 25.8 Å². The predicted molar refractivity (Wildman–Crippen MR) is 139 cm³/mol. The Morgan fingerprint density at radius 3 is 2.81 bits per heavy atom. The van der Waals surface area contributed by atoms with E-state index in [0.717, 1.165) is 55.5 Å². The second-order valence-electron chi connectivity index (χ2n) is 9.60. The van der Waals surface area contributed by atoms with Gasteiger partial charge in [-0.2, -0.15) is 13.2 Å².